The average molecular weight is 395 g/mol. The monoisotopic (exact) mass is 394 g/mol. The molecule has 0 bridgehead atoms. The fourth-order valence-corrected chi connectivity index (χ4v) is 3.52. The number of hydrogen-bond donors (Lipinski definition) is 0. The van der Waals surface area contributed by atoms with E-state index < -0.39 is 0 Å². The van der Waals surface area contributed by atoms with E-state index in [1.807, 2.05) is 0 Å². The third-order valence-electron chi connectivity index (χ3n) is 5.67. The van der Waals surface area contributed by atoms with E-state index in [0.29, 0.717) is 18.9 Å². The molecule has 0 aromatic carbocycles. The highest BCUT2D eigenvalue weighted by atomic mass is 16.5. The second kappa shape index (κ2) is 22.5. The number of rotatable bonds is 21. The summed E-state index contributed by atoms with van der Waals surface area (Å²) < 4.78 is 5.46. The first kappa shape index (κ1) is 27.2. The Morgan fingerprint density at radius 1 is 0.714 bits per heavy atom. The highest BCUT2D eigenvalue weighted by Crippen LogP contribution is 2.14. The zero-order chi connectivity index (χ0) is 20.7. The third-order valence-corrected chi connectivity index (χ3v) is 5.67. The minimum atomic E-state index is 0.00906. The summed E-state index contributed by atoms with van der Waals surface area (Å²) in [5.74, 6) is 0.564. The van der Waals surface area contributed by atoms with Gasteiger partial charge in [-0.25, -0.2) is 0 Å². The first-order valence-electron chi connectivity index (χ1n) is 12.5. The molecule has 0 fully saturated rings. The van der Waals surface area contributed by atoms with Gasteiger partial charge < -0.3 is 4.74 Å². The minimum absolute atomic E-state index is 0.00906. The summed E-state index contributed by atoms with van der Waals surface area (Å²) in [6.45, 7) is 7.30. The van der Waals surface area contributed by atoms with E-state index in [0.717, 1.165) is 19.3 Å². The first-order valence-corrected chi connectivity index (χ1v) is 12.5. The van der Waals surface area contributed by atoms with Gasteiger partial charge in [0.25, 0.3) is 0 Å². The number of hydrogen-bond acceptors (Lipinski definition) is 2. The van der Waals surface area contributed by atoms with Crippen LogP contribution in [0.2, 0.25) is 0 Å². The molecule has 0 spiro atoms. The van der Waals surface area contributed by atoms with E-state index in [2.05, 4.69) is 32.9 Å². The quantitative estimate of drug-likeness (QED) is 0.110. The second-order valence-electron chi connectivity index (χ2n) is 8.43. The van der Waals surface area contributed by atoms with Crippen LogP contribution in [0.1, 0.15) is 136 Å². The van der Waals surface area contributed by atoms with Crippen molar-refractivity contribution in [2.45, 2.75) is 136 Å². The molecule has 0 aromatic heterocycles. The average Bonchev–Trinajstić information content (AvgIpc) is 2.71. The van der Waals surface area contributed by atoms with Crippen LogP contribution in [0.5, 0.6) is 0 Å². The van der Waals surface area contributed by atoms with Crippen LogP contribution in [0, 0.1) is 5.92 Å². The lowest BCUT2D eigenvalue weighted by molar-refractivity contribution is -0.145. The van der Waals surface area contributed by atoms with Crippen LogP contribution >= 0.6 is 0 Å². The molecule has 0 saturated heterocycles. The molecule has 0 saturated carbocycles. The van der Waals surface area contributed by atoms with E-state index in [1.54, 1.807) is 0 Å². The molecule has 28 heavy (non-hydrogen) atoms. The van der Waals surface area contributed by atoms with Crippen LogP contribution in [-0.4, -0.2) is 12.6 Å². The predicted molar refractivity (Wildman–Crippen MR) is 124 cm³/mol. The molecule has 166 valence electrons. The number of ether oxygens (including phenoxy) is 1. The Kier molecular flexibility index (Phi) is 21.9. The lowest BCUT2D eigenvalue weighted by Gasteiger charge is -2.14. The molecular weight excluding hydrogens is 344 g/mol. The highest BCUT2D eigenvalue weighted by Gasteiger charge is 2.09. The van der Waals surface area contributed by atoms with Crippen molar-refractivity contribution in [1.82, 2.24) is 0 Å². The lowest BCUT2D eigenvalue weighted by Crippen LogP contribution is -2.13. The van der Waals surface area contributed by atoms with Gasteiger partial charge in [-0.05, 0) is 44.4 Å². The standard InChI is InChI=1S/C26H50O2/c1-4-7-9-10-11-12-13-14-15-16-17-18-19-20-21-23-26(27)28-24-25(6-3)22-8-5-2/h13-14,25H,4-12,15-24H2,1-3H3. The largest absolute Gasteiger partial charge is 0.465 e. The van der Waals surface area contributed by atoms with Crippen molar-refractivity contribution in [2.75, 3.05) is 6.61 Å². The smallest absolute Gasteiger partial charge is 0.305 e. The molecule has 0 N–H and O–H groups in total. The molecular formula is C26H50O2. The van der Waals surface area contributed by atoms with E-state index in [-0.39, 0.29) is 5.97 Å². The van der Waals surface area contributed by atoms with Crippen LogP contribution < -0.4 is 0 Å². The minimum Gasteiger partial charge on any atom is -0.465 e. The van der Waals surface area contributed by atoms with Crippen molar-refractivity contribution >= 4 is 5.97 Å². The van der Waals surface area contributed by atoms with E-state index in [4.69, 9.17) is 4.74 Å². The Morgan fingerprint density at radius 3 is 1.82 bits per heavy atom. The Balaban J connectivity index is 3.35. The summed E-state index contributed by atoms with van der Waals surface area (Å²) in [4.78, 5) is 11.8. The van der Waals surface area contributed by atoms with Gasteiger partial charge in [-0.15, -0.1) is 0 Å². The van der Waals surface area contributed by atoms with Crippen LogP contribution in [0.4, 0.5) is 0 Å². The normalized spacial score (nSPS) is 12.5. The second-order valence-corrected chi connectivity index (χ2v) is 8.43. The fourth-order valence-electron chi connectivity index (χ4n) is 3.52. The van der Waals surface area contributed by atoms with Gasteiger partial charge in [0.15, 0.2) is 0 Å². The zero-order valence-corrected chi connectivity index (χ0v) is 19.5. The van der Waals surface area contributed by atoms with Crippen molar-refractivity contribution in [3.8, 4) is 0 Å². The summed E-state index contributed by atoms with van der Waals surface area (Å²) in [5.41, 5.74) is 0. The molecule has 2 nitrogen and oxygen atoms in total. The van der Waals surface area contributed by atoms with Gasteiger partial charge in [0.2, 0.25) is 0 Å². The summed E-state index contributed by atoms with van der Waals surface area (Å²) in [7, 11) is 0. The SMILES string of the molecule is CCCCCCCC=CCCCCCCCCC(=O)OCC(CC)CCCC. The van der Waals surface area contributed by atoms with Gasteiger partial charge in [-0.1, -0.05) is 104 Å². The number of allylic oxidation sites excluding steroid dienone is 2. The van der Waals surface area contributed by atoms with Crippen LogP contribution in [0.15, 0.2) is 12.2 Å². The first-order chi connectivity index (χ1) is 13.7. The molecule has 0 aliphatic heterocycles. The maximum Gasteiger partial charge on any atom is 0.305 e. The third kappa shape index (κ3) is 20.0. The molecule has 0 aromatic rings. The topological polar surface area (TPSA) is 26.3 Å². The van der Waals surface area contributed by atoms with E-state index >= 15 is 0 Å². The Hall–Kier alpha value is -0.790. The zero-order valence-electron chi connectivity index (χ0n) is 19.5. The predicted octanol–water partition coefficient (Wildman–Crippen LogP) is 8.78. The molecule has 2 heteroatoms. The summed E-state index contributed by atoms with van der Waals surface area (Å²) >= 11 is 0. The van der Waals surface area contributed by atoms with Gasteiger partial charge in [0, 0.05) is 6.42 Å². The summed E-state index contributed by atoms with van der Waals surface area (Å²) in [5, 5.41) is 0. The van der Waals surface area contributed by atoms with Gasteiger partial charge in [0.05, 0.1) is 6.61 Å². The molecule has 0 radical (unpaired) electrons. The van der Waals surface area contributed by atoms with Gasteiger partial charge in [0.1, 0.15) is 0 Å². The van der Waals surface area contributed by atoms with Gasteiger partial charge in [-0.2, -0.15) is 0 Å². The Morgan fingerprint density at radius 2 is 1.25 bits per heavy atom. The molecule has 1 atom stereocenters. The Bertz CT molecular complexity index is 348. The number of esters is 1. The van der Waals surface area contributed by atoms with Crippen molar-refractivity contribution in [2.24, 2.45) is 5.92 Å². The molecule has 0 rings (SSSR count). The lowest BCUT2D eigenvalue weighted by atomic mass is 10.0. The van der Waals surface area contributed by atoms with E-state index in [9.17, 15) is 4.79 Å². The fraction of sp³-hybridized carbons (Fsp3) is 0.885. The summed E-state index contributed by atoms with van der Waals surface area (Å²) in [6.07, 6.45) is 26.8. The maximum absolute atomic E-state index is 11.8. The van der Waals surface area contributed by atoms with Gasteiger partial charge in [-0.3, -0.25) is 4.79 Å². The van der Waals surface area contributed by atoms with E-state index in [1.165, 1.54) is 89.9 Å². The molecule has 0 heterocycles. The van der Waals surface area contributed by atoms with Crippen LogP contribution in [0.25, 0.3) is 0 Å². The number of carbonyl (C=O) groups is 1. The molecule has 0 aliphatic rings. The Labute approximate surface area is 176 Å². The maximum atomic E-state index is 11.8. The highest BCUT2D eigenvalue weighted by molar-refractivity contribution is 5.69. The number of carbonyl (C=O) groups excluding carboxylic acids is 1. The number of unbranched alkanes of at least 4 members (excludes halogenated alkanes) is 12. The molecule has 1 unspecified atom stereocenters. The van der Waals surface area contributed by atoms with Crippen LogP contribution in [0.3, 0.4) is 0 Å². The van der Waals surface area contributed by atoms with Crippen molar-refractivity contribution in [3.05, 3.63) is 12.2 Å². The van der Waals surface area contributed by atoms with Crippen molar-refractivity contribution in [3.63, 3.8) is 0 Å². The summed E-state index contributed by atoms with van der Waals surface area (Å²) in [6, 6.07) is 0. The van der Waals surface area contributed by atoms with Crippen LogP contribution in [-0.2, 0) is 9.53 Å². The van der Waals surface area contributed by atoms with Crippen molar-refractivity contribution in [1.29, 1.82) is 0 Å². The molecule has 0 aliphatic carbocycles. The van der Waals surface area contributed by atoms with Gasteiger partial charge >= 0.3 is 5.97 Å². The molecule has 0 amide bonds. The van der Waals surface area contributed by atoms with Crippen molar-refractivity contribution < 1.29 is 9.53 Å².